The summed E-state index contributed by atoms with van der Waals surface area (Å²) in [4.78, 5) is 10.8. The van der Waals surface area contributed by atoms with E-state index in [1.165, 1.54) is 12.1 Å². The van der Waals surface area contributed by atoms with Gasteiger partial charge in [0.2, 0.25) is 0 Å². The van der Waals surface area contributed by atoms with Gasteiger partial charge < -0.3 is 10.4 Å². The second-order valence-corrected chi connectivity index (χ2v) is 4.92. The van der Waals surface area contributed by atoms with Crippen molar-refractivity contribution in [3.05, 3.63) is 65.7 Å². The van der Waals surface area contributed by atoms with Crippen LogP contribution < -0.4 is 10.7 Å². The molecule has 112 valence electrons. The maximum Gasteiger partial charge on any atom is 0.335 e. The van der Waals surface area contributed by atoms with Gasteiger partial charge in [0.05, 0.1) is 11.3 Å². The van der Waals surface area contributed by atoms with Crippen molar-refractivity contribution in [2.45, 2.75) is 6.92 Å². The first-order valence-corrected chi connectivity index (χ1v) is 6.97. The summed E-state index contributed by atoms with van der Waals surface area (Å²) < 4.78 is 0. The van der Waals surface area contributed by atoms with Crippen molar-refractivity contribution in [3.8, 4) is 0 Å². The molecular weight excluding hydrogens is 298 g/mol. The lowest BCUT2D eigenvalue weighted by atomic mass is 10.1. The van der Waals surface area contributed by atoms with Crippen molar-refractivity contribution in [3.63, 3.8) is 0 Å². The third-order valence-corrected chi connectivity index (χ3v) is 3.10. The van der Waals surface area contributed by atoms with Crippen molar-refractivity contribution in [2.24, 2.45) is 5.10 Å². The fraction of sp³-hybridized carbons (Fsp3) is 0.0625. The van der Waals surface area contributed by atoms with Crippen LogP contribution in [0.15, 0.2) is 59.7 Å². The summed E-state index contributed by atoms with van der Waals surface area (Å²) in [5.74, 6) is -0.963. The van der Waals surface area contributed by atoms with Gasteiger partial charge in [-0.3, -0.25) is 5.43 Å². The van der Waals surface area contributed by atoms with Crippen LogP contribution in [-0.4, -0.2) is 21.9 Å². The SMILES string of the molecule is C/C(=N\NC(=S)Nc1ccc(C(=O)O)cc1)c1ccccc1. The van der Waals surface area contributed by atoms with Crippen LogP contribution in [0.5, 0.6) is 0 Å². The zero-order valence-electron chi connectivity index (χ0n) is 11.9. The molecule has 2 aromatic rings. The normalized spacial score (nSPS) is 10.9. The number of hydrogen-bond donors (Lipinski definition) is 3. The molecule has 0 saturated heterocycles. The summed E-state index contributed by atoms with van der Waals surface area (Å²) in [5, 5.41) is 16.3. The van der Waals surface area contributed by atoms with E-state index in [0.717, 1.165) is 11.3 Å². The monoisotopic (exact) mass is 313 g/mol. The van der Waals surface area contributed by atoms with Gasteiger partial charge in [0.15, 0.2) is 5.11 Å². The van der Waals surface area contributed by atoms with Crippen LogP contribution in [0.2, 0.25) is 0 Å². The van der Waals surface area contributed by atoms with Crippen molar-refractivity contribution >= 4 is 34.7 Å². The van der Waals surface area contributed by atoms with Crippen LogP contribution in [0.25, 0.3) is 0 Å². The van der Waals surface area contributed by atoms with Crippen LogP contribution in [0.1, 0.15) is 22.8 Å². The first kappa shape index (κ1) is 15.7. The Labute approximate surface area is 133 Å². The number of nitrogens with zero attached hydrogens (tertiary/aromatic N) is 1. The summed E-state index contributed by atoms with van der Waals surface area (Å²) in [7, 11) is 0. The smallest absolute Gasteiger partial charge is 0.335 e. The van der Waals surface area contributed by atoms with E-state index in [1.807, 2.05) is 37.3 Å². The maximum absolute atomic E-state index is 10.8. The van der Waals surface area contributed by atoms with Gasteiger partial charge in [-0.25, -0.2) is 4.79 Å². The largest absolute Gasteiger partial charge is 0.478 e. The quantitative estimate of drug-likeness (QED) is 0.459. The molecule has 0 heterocycles. The molecule has 2 rings (SSSR count). The van der Waals surface area contributed by atoms with Gasteiger partial charge in [-0.15, -0.1) is 0 Å². The van der Waals surface area contributed by atoms with Crippen LogP contribution in [0.4, 0.5) is 5.69 Å². The van der Waals surface area contributed by atoms with Crippen LogP contribution in [0.3, 0.4) is 0 Å². The number of carbonyl (C=O) groups is 1. The van der Waals surface area contributed by atoms with E-state index in [1.54, 1.807) is 12.1 Å². The molecule has 0 atom stereocenters. The number of rotatable bonds is 4. The lowest BCUT2D eigenvalue weighted by molar-refractivity contribution is 0.0697. The van der Waals surface area contributed by atoms with E-state index < -0.39 is 5.97 Å². The minimum Gasteiger partial charge on any atom is -0.478 e. The van der Waals surface area contributed by atoms with Gasteiger partial charge in [-0.1, -0.05) is 30.3 Å². The van der Waals surface area contributed by atoms with E-state index in [0.29, 0.717) is 10.8 Å². The molecule has 0 aliphatic carbocycles. The number of nitrogens with one attached hydrogen (secondary N) is 2. The molecule has 0 fully saturated rings. The highest BCUT2D eigenvalue weighted by molar-refractivity contribution is 7.80. The second kappa shape index (κ2) is 7.33. The molecule has 5 nitrogen and oxygen atoms in total. The molecule has 3 N–H and O–H groups in total. The molecule has 2 aromatic carbocycles. The lowest BCUT2D eigenvalue weighted by Crippen LogP contribution is -2.25. The zero-order valence-corrected chi connectivity index (χ0v) is 12.7. The Bertz CT molecular complexity index is 697. The van der Waals surface area contributed by atoms with Gasteiger partial charge in [-0.2, -0.15) is 5.10 Å². The average molecular weight is 313 g/mol. The van der Waals surface area contributed by atoms with Gasteiger partial charge in [0.1, 0.15) is 0 Å². The highest BCUT2D eigenvalue weighted by atomic mass is 32.1. The molecule has 0 bridgehead atoms. The van der Waals surface area contributed by atoms with Gasteiger partial charge >= 0.3 is 5.97 Å². The van der Waals surface area contributed by atoms with E-state index in [4.69, 9.17) is 17.3 Å². The average Bonchev–Trinajstić information content (AvgIpc) is 2.54. The van der Waals surface area contributed by atoms with Crippen molar-refractivity contribution in [1.29, 1.82) is 0 Å². The molecule has 0 unspecified atom stereocenters. The van der Waals surface area contributed by atoms with E-state index in [9.17, 15) is 4.79 Å². The third kappa shape index (κ3) is 4.39. The number of hydrazone groups is 1. The predicted octanol–water partition coefficient (Wildman–Crippen LogP) is 3.10. The molecule has 0 radical (unpaired) electrons. The Hall–Kier alpha value is -2.73. The fourth-order valence-electron chi connectivity index (χ4n) is 1.73. The number of carboxylic acids is 1. The minimum absolute atomic E-state index is 0.224. The Kier molecular flexibility index (Phi) is 5.21. The van der Waals surface area contributed by atoms with Crippen molar-refractivity contribution < 1.29 is 9.90 Å². The van der Waals surface area contributed by atoms with E-state index in [2.05, 4.69) is 15.8 Å². The number of aromatic carboxylic acids is 1. The minimum atomic E-state index is -0.963. The number of benzene rings is 2. The highest BCUT2D eigenvalue weighted by Crippen LogP contribution is 2.09. The molecular formula is C16H15N3O2S. The maximum atomic E-state index is 10.8. The summed E-state index contributed by atoms with van der Waals surface area (Å²) >= 11 is 5.14. The fourth-order valence-corrected chi connectivity index (χ4v) is 1.90. The molecule has 6 heteroatoms. The number of hydrogen-bond acceptors (Lipinski definition) is 3. The van der Waals surface area contributed by atoms with Crippen molar-refractivity contribution in [1.82, 2.24) is 5.43 Å². The summed E-state index contributed by atoms with van der Waals surface area (Å²) in [5.41, 5.74) is 5.49. The standard InChI is InChI=1S/C16H15N3O2S/c1-11(12-5-3-2-4-6-12)18-19-16(22)17-14-9-7-13(8-10-14)15(20)21/h2-10H,1H3,(H,20,21)(H2,17,19,22)/b18-11+. The van der Waals surface area contributed by atoms with Crippen LogP contribution >= 0.6 is 12.2 Å². The van der Waals surface area contributed by atoms with Crippen LogP contribution in [0, 0.1) is 0 Å². The Balaban J connectivity index is 1.94. The first-order chi connectivity index (χ1) is 10.6. The van der Waals surface area contributed by atoms with Crippen molar-refractivity contribution in [2.75, 3.05) is 5.32 Å². The van der Waals surface area contributed by atoms with E-state index >= 15 is 0 Å². The number of carboxylic acid groups (broad SMARTS) is 1. The summed E-state index contributed by atoms with van der Waals surface area (Å²) in [6.07, 6.45) is 0. The Morgan fingerprint density at radius 3 is 2.27 bits per heavy atom. The molecule has 0 saturated carbocycles. The molecule has 0 spiro atoms. The molecule has 0 amide bonds. The van der Waals surface area contributed by atoms with E-state index in [-0.39, 0.29) is 5.56 Å². The van der Waals surface area contributed by atoms with Gasteiger partial charge in [-0.05, 0) is 49.0 Å². The summed E-state index contributed by atoms with van der Waals surface area (Å²) in [6.45, 7) is 1.88. The third-order valence-electron chi connectivity index (χ3n) is 2.91. The molecule has 0 aromatic heterocycles. The molecule has 0 aliphatic rings. The molecule has 0 aliphatic heterocycles. The molecule has 22 heavy (non-hydrogen) atoms. The van der Waals surface area contributed by atoms with Gasteiger partial charge in [0.25, 0.3) is 0 Å². The Morgan fingerprint density at radius 2 is 1.68 bits per heavy atom. The van der Waals surface area contributed by atoms with Crippen LogP contribution in [-0.2, 0) is 0 Å². The topological polar surface area (TPSA) is 73.7 Å². The lowest BCUT2D eigenvalue weighted by Gasteiger charge is -2.08. The second-order valence-electron chi connectivity index (χ2n) is 4.51. The predicted molar refractivity (Wildman–Crippen MR) is 91.4 cm³/mol. The Morgan fingerprint density at radius 1 is 1.05 bits per heavy atom. The number of thiocarbonyl (C=S) groups is 1. The van der Waals surface area contributed by atoms with Gasteiger partial charge in [0, 0.05) is 5.69 Å². The highest BCUT2D eigenvalue weighted by Gasteiger charge is 2.02. The zero-order chi connectivity index (χ0) is 15.9. The number of anilines is 1. The summed E-state index contributed by atoms with van der Waals surface area (Å²) in [6, 6.07) is 16.0. The first-order valence-electron chi connectivity index (χ1n) is 6.56.